The summed E-state index contributed by atoms with van der Waals surface area (Å²) < 4.78 is 32.8. The Labute approximate surface area is 163 Å². The van der Waals surface area contributed by atoms with Gasteiger partial charge in [0.25, 0.3) is 0 Å². The lowest BCUT2D eigenvalue weighted by Gasteiger charge is -2.34. The highest BCUT2D eigenvalue weighted by atomic mass is 19.2. The van der Waals surface area contributed by atoms with Crippen molar-refractivity contribution >= 4 is 5.91 Å². The minimum absolute atomic E-state index is 0.0557. The van der Waals surface area contributed by atoms with E-state index in [-0.39, 0.29) is 30.4 Å². The minimum Gasteiger partial charge on any atom is -0.373 e. The second-order valence-corrected chi connectivity index (χ2v) is 7.46. The average molecular weight is 386 g/mol. The van der Waals surface area contributed by atoms with Crippen LogP contribution in [0.5, 0.6) is 0 Å². The lowest BCUT2D eigenvalue weighted by atomic mass is 9.85. The third-order valence-electron chi connectivity index (χ3n) is 5.66. The van der Waals surface area contributed by atoms with E-state index in [1.54, 1.807) is 6.07 Å². The van der Waals surface area contributed by atoms with Crippen LogP contribution in [0, 0.1) is 11.6 Å². The molecule has 2 aliphatic heterocycles. The lowest BCUT2D eigenvalue weighted by Crippen LogP contribution is -2.50. The highest BCUT2D eigenvalue weighted by molar-refractivity contribution is 5.77. The Bertz CT molecular complexity index is 858. The molecule has 0 bridgehead atoms. The monoisotopic (exact) mass is 386 g/mol. The van der Waals surface area contributed by atoms with Crippen molar-refractivity contribution in [3.05, 3.63) is 70.8 Å². The molecule has 0 radical (unpaired) electrons. The summed E-state index contributed by atoms with van der Waals surface area (Å²) in [6.07, 6.45) is 1.61. The zero-order chi connectivity index (χ0) is 19.5. The van der Waals surface area contributed by atoms with Gasteiger partial charge < -0.3 is 15.4 Å². The van der Waals surface area contributed by atoms with Crippen LogP contribution >= 0.6 is 0 Å². The van der Waals surface area contributed by atoms with Gasteiger partial charge in [-0.3, -0.25) is 4.79 Å². The molecular formula is C22H24F2N2O2. The second kappa shape index (κ2) is 8.37. The number of hydrogen-bond donors (Lipinski definition) is 2. The topological polar surface area (TPSA) is 50.4 Å². The Morgan fingerprint density at radius 2 is 2.04 bits per heavy atom. The number of amides is 1. The summed E-state index contributed by atoms with van der Waals surface area (Å²) in [6.45, 7) is 1.98. The molecule has 4 rings (SSSR count). The van der Waals surface area contributed by atoms with E-state index in [0.29, 0.717) is 18.7 Å². The summed E-state index contributed by atoms with van der Waals surface area (Å²) in [5, 5.41) is 6.35. The molecule has 2 aliphatic rings. The molecular weight excluding hydrogens is 362 g/mol. The van der Waals surface area contributed by atoms with Gasteiger partial charge in [-0.25, -0.2) is 8.78 Å². The van der Waals surface area contributed by atoms with Crippen molar-refractivity contribution in [1.82, 2.24) is 10.6 Å². The molecule has 3 unspecified atom stereocenters. The molecule has 6 heteroatoms. The second-order valence-electron chi connectivity index (χ2n) is 7.46. The average Bonchev–Trinajstić information content (AvgIpc) is 2.71. The van der Waals surface area contributed by atoms with Gasteiger partial charge in [0, 0.05) is 18.5 Å². The first-order chi connectivity index (χ1) is 13.6. The van der Waals surface area contributed by atoms with E-state index in [2.05, 4.69) is 16.7 Å². The predicted octanol–water partition coefficient (Wildman–Crippen LogP) is 3.23. The van der Waals surface area contributed by atoms with Crippen LogP contribution in [0.4, 0.5) is 8.78 Å². The molecule has 4 nitrogen and oxygen atoms in total. The smallest absolute Gasteiger partial charge is 0.223 e. The summed E-state index contributed by atoms with van der Waals surface area (Å²) in [4.78, 5) is 12.7. The zero-order valence-electron chi connectivity index (χ0n) is 15.6. The number of nitrogens with one attached hydrogen (secondary N) is 2. The number of rotatable bonds is 4. The van der Waals surface area contributed by atoms with E-state index in [4.69, 9.17) is 4.74 Å². The van der Waals surface area contributed by atoms with Crippen molar-refractivity contribution in [2.75, 3.05) is 19.7 Å². The number of hydrogen-bond acceptors (Lipinski definition) is 3. The van der Waals surface area contributed by atoms with Crippen LogP contribution in [0.25, 0.3) is 0 Å². The highest BCUT2D eigenvalue weighted by Gasteiger charge is 2.30. The van der Waals surface area contributed by atoms with Gasteiger partial charge in [-0.2, -0.15) is 0 Å². The predicted molar refractivity (Wildman–Crippen MR) is 102 cm³/mol. The summed E-state index contributed by atoms with van der Waals surface area (Å²) in [5.74, 6) is -1.86. The summed E-state index contributed by atoms with van der Waals surface area (Å²) >= 11 is 0. The third-order valence-corrected chi connectivity index (χ3v) is 5.66. The van der Waals surface area contributed by atoms with Crippen LogP contribution < -0.4 is 10.6 Å². The fourth-order valence-corrected chi connectivity index (χ4v) is 4.23. The first-order valence-corrected chi connectivity index (χ1v) is 9.76. The zero-order valence-corrected chi connectivity index (χ0v) is 15.6. The lowest BCUT2D eigenvalue weighted by molar-refractivity contribution is -0.125. The fraction of sp³-hybridized carbons (Fsp3) is 0.409. The number of carbonyl (C=O) groups excluding carboxylic acids is 1. The van der Waals surface area contributed by atoms with E-state index in [1.807, 2.05) is 18.2 Å². The molecule has 2 N–H and O–H groups in total. The van der Waals surface area contributed by atoms with Gasteiger partial charge in [-0.1, -0.05) is 30.3 Å². The number of benzene rings is 2. The highest BCUT2D eigenvalue weighted by Crippen LogP contribution is 2.30. The van der Waals surface area contributed by atoms with Crippen LogP contribution in [-0.4, -0.2) is 31.6 Å². The van der Waals surface area contributed by atoms with Crippen LogP contribution in [0.15, 0.2) is 42.5 Å². The van der Waals surface area contributed by atoms with E-state index in [9.17, 15) is 13.6 Å². The van der Waals surface area contributed by atoms with E-state index >= 15 is 0 Å². The minimum atomic E-state index is -0.855. The molecule has 148 valence electrons. The molecule has 2 aromatic carbocycles. The summed E-state index contributed by atoms with van der Waals surface area (Å²) in [6, 6.07) is 11.9. The molecule has 2 heterocycles. The molecule has 1 fully saturated rings. The number of ether oxygens (including phenoxy) is 1. The SMILES string of the molecule is O=C(CC1OCCc2ccccc21)NC1CNCCC1c1ccc(F)c(F)c1. The number of halogens is 2. The van der Waals surface area contributed by atoms with Crippen molar-refractivity contribution in [2.45, 2.75) is 37.3 Å². The van der Waals surface area contributed by atoms with Gasteiger partial charge in [-0.05, 0) is 48.2 Å². The number of carbonyl (C=O) groups is 1. The maximum atomic E-state index is 13.7. The quantitative estimate of drug-likeness (QED) is 0.848. The van der Waals surface area contributed by atoms with Crippen LogP contribution in [0.3, 0.4) is 0 Å². The van der Waals surface area contributed by atoms with E-state index in [1.165, 1.54) is 11.6 Å². The Morgan fingerprint density at radius 1 is 1.18 bits per heavy atom. The van der Waals surface area contributed by atoms with Gasteiger partial charge in [0.2, 0.25) is 5.91 Å². The molecule has 0 aliphatic carbocycles. The van der Waals surface area contributed by atoms with Gasteiger partial charge in [0.05, 0.1) is 19.1 Å². The van der Waals surface area contributed by atoms with Crippen molar-refractivity contribution < 1.29 is 18.3 Å². The normalized spacial score (nSPS) is 24.4. The Hall–Kier alpha value is -2.31. The molecule has 2 aromatic rings. The largest absolute Gasteiger partial charge is 0.373 e. The Kier molecular flexibility index (Phi) is 5.69. The van der Waals surface area contributed by atoms with Crippen molar-refractivity contribution in [2.24, 2.45) is 0 Å². The standard InChI is InChI=1S/C22H24F2N2O2/c23-18-6-5-15(11-19(18)24)16-7-9-25-13-20(16)26-22(27)12-21-17-4-2-1-3-14(17)8-10-28-21/h1-6,11,16,20-21,25H,7-10,12-13H2,(H,26,27). The van der Waals surface area contributed by atoms with Crippen LogP contribution in [0.1, 0.15) is 41.6 Å². The molecule has 0 saturated carbocycles. The Morgan fingerprint density at radius 3 is 2.89 bits per heavy atom. The first kappa shape index (κ1) is 19.0. The molecule has 1 saturated heterocycles. The number of fused-ring (bicyclic) bond motifs is 1. The van der Waals surface area contributed by atoms with Crippen LogP contribution in [-0.2, 0) is 16.0 Å². The summed E-state index contributed by atoms with van der Waals surface area (Å²) in [7, 11) is 0. The molecule has 28 heavy (non-hydrogen) atoms. The first-order valence-electron chi connectivity index (χ1n) is 9.76. The van der Waals surface area contributed by atoms with E-state index < -0.39 is 11.6 Å². The van der Waals surface area contributed by atoms with Crippen molar-refractivity contribution in [1.29, 1.82) is 0 Å². The van der Waals surface area contributed by atoms with Gasteiger partial charge >= 0.3 is 0 Å². The van der Waals surface area contributed by atoms with Crippen LogP contribution in [0.2, 0.25) is 0 Å². The maximum Gasteiger partial charge on any atom is 0.223 e. The molecule has 3 atom stereocenters. The molecule has 1 amide bonds. The van der Waals surface area contributed by atoms with Gasteiger partial charge in [0.15, 0.2) is 11.6 Å². The van der Waals surface area contributed by atoms with Crippen molar-refractivity contribution in [3.63, 3.8) is 0 Å². The Balaban J connectivity index is 1.45. The molecule has 0 aromatic heterocycles. The van der Waals surface area contributed by atoms with Crippen molar-refractivity contribution in [3.8, 4) is 0 Å². The number of piperidine rings is 1. The maximum absolute atomic E-state index is 13.7. The van der Waals surface area contributed by atoms with Gasteiger partial charge in [-0.15, -0.1) is 0 Å². The third kappa shape index (κ3) is 4.08. The molecule has 0 spiro atoms. The van der Waals surface area contributed by atoms with E-state index in [0.717, 1.165) is 31.0 Å². The fourth-order valence-electron chi connectivity index (χ4n) is 4.23. The van der Waals surface area contributed by atoms with Gasteiger partial charge in [0.1, 0.15) is 0 Å². The summed E-state index contributed by atoms with van der Waals surface area (Å²) in [5.41, 5.74) is 3.01.